The average Bonchev–Trinajstić information content (AvgIpc) is 3.35. The third-order valence-electron chi connectivity index (χ3n) is 7.08. The maximum Gasteiger partial charge on any atom is 0.257 e. The van der Waals surface area contributed by atoms with Crippen molar-refractivity contribution >= 4 is 34.4 Å². The first kappa shape index (κ1) is 24.8. The van der Waals surface area contributed by atoms with Crippen LogP contribution in [0.25, 0.3) is 22.6 Å². The van der Waals surface area contributed by atoms with E-state index in [-0.39, 0.29) is 12.5 Å². The lowest BCUT2D eigenvalue weighted by molar-refractivity contribution is -0.123. The highest BCUT2D eigenvalue weighted by Gasteiger charge is 2.20. The SMILES string of the molecule is CN1CCC(Nc2c(Cl)cnc3[nH]c(-c4ccc(OCC(=O)NCC5CCNCC5)cc4)nc23)CC1. The van der Waals surface area contributed by atoms with Crippen LogP contribution in [0.1, 0.15) is 25.7 Å². The number of carbonyl (C=O) groups excluding carboxylic acids is 1. The highest BCUT2D eigenvalue weighted by atomic mass is 35.5. The van der Waals surface area contributed by atoms with Crippen LogP contribution in [0.2, 0.25) is 5.02 Å². The smallest absolute Gasteiger partial charge is 0.257 e. The molecule has 2 aliphatic heterocycles. The fourth-order valence-corrected chi connectivity index (χ4v) is 5.01. The van der Waals surface area contributed by atoms with Crippen molar-refractivity contribution in [3.05, 3.63) is 35.5 Å². The molecule has 5 rings (SSSR count). The number of nitrogens with zero attached hydrogens (tertiary/aromatic N) is 3. The topological polar surface area (TPSA) is 107 Å². The van der Waals surface area contributed by atoms with E-state index in [0.29, 0.717) is 40.7 Å². The van der Waals surface area contributed by atoms with E-state index in [9.17, 15) is 4.79 Å². The fraction of sp³-hybridized carbons (Fsp3) is 0.500. The summed E-state index contributed by atoms with van der Waals surface area (Å²) >= 11 is 6.51. The van der Waals surface area contributed by atoms with Gasteiger partial charge in [-0.15, -0.1) is 0 Å². The summed E-state index contributed by atoms with van der Waals surface area (Å²) in [5.41, 5.74) is 3.16. The normalized spacial score (nSPS) is 17.8. The lowest BCUT2D eigenvalue weighted by Gasteiger charge is -2.30. The number of aromatic amines is 1. The van der Waals surface area contributed by atoms with Crippen LogP contribution in [0, 0.1) is 5.92 Å². The molecule has 0 atom stereocenters. The van der Waals surface area contributed by atoms with Gasteiger partial charge in [0.25, 0.3) is 5.91 Å². The highest BCUT2D eigenvalue weighted by molar-refractivity contribution is 6.34. The number of fused-ring (bicyclic) bond motifs is 1. The van der Waals surface area contributed by atoms with E-state index >= 15 is 0 Å². The minimum Gasteiger partial charge on any atom is -0.484 e. The molecule has 0 unspecified atom stereocenters. The minimum atomic E-state index is -0.0949. The predicted molar refractivity (Wildman–Crippen MR) is 143 cm³/mol. The summed E-state index contributed by atoms with van der Waals surface area (Å²) in [6.45, 7) is 4.87. The van der Waals surface area contributed by atoms with Crippen LogP contribution in [0.3, 0.4) is 0 Å². The molecule has 1 aromatic carbocycles. The van der Waals surface area contributed by atoms with Crippen molar-refractivity contribution in [3.8, 4) is 17.1 Å². The van der Waals surface area contributed by atoms with Gasteiger partial charge in [0.15, 0.2) is 12.3 Å². The number of carbonyl (C=O) groups is 1. The van der Waals surface area contributed by atoms with Gasteiger partial charge in [0, 0.05) is 18.2 Å². The molecule has 0 aliphatic carbocycles. The van der Waals surface area contributed by atoms with E-state index in [0.717, 1.165) is 68.6 Å². The van der Waals surface area contributed by atoms with Crippen molar-refractivity contribution in [2.45, 2.75) is 31.7 Å². The Morgan fingerprint density at radius 2 is 1.92 bits per heavy atom. The summed E-state index contributed by atoms with van der Waals surface area (Å²) in [7, 11) is 2.15. The van der Waals surface area contributed by atoms with Crippen LogP contribution in [-0.2, 0) is 4.79 Å². The number of H-pyrrole nitrogens is 1. The number of benzene rings is 1. The van der Waals surface area contributed by atoms with Gasteiger partial charge in [0.05, 0.1) is 16.9 Å². The first-order chi connectivity index (χ1) is 17.5. The number of piperidine rings is 2. The molecule has 4 N–H and O–H groups in total. The molecule has 4 heterocycles. The quantitative estimate of drug-likeness (QED) is 0.367. The summed E-state index contributed by atoms with van der Waals surface area (Å²) in [5.74, 6) is 1.79. The van der Waals surface area contributed by atoms with E-state index in [4.69, 9.17) is 21.3 Å². The molecule has 1 amide bonds. The highest BCUT2D eigenvalue weighted by Crippen LogP contribution is 2.32. The summed E-state index contributed by atoms with van der Waals surface area (Å²) in [6, 6.07) is 7.90. The molecular weight excluding hydrogens is 478 g/mol. The van der Waals surface area contributed by atoms with Gasteiger partial charge in [-0.3, -0.25) is 4.79 Å². The van der Waals surface area contributed by atoms with Crippen LogP contribution in [-0.4, -0.2) is 78.2 Å². The summed E-state index contributed by atoms with van der Waals surface area (Å²) in [5, 5.41) is 10.5. The summed E-state index contributed by atoms with van der Waals surface area (Å²) in [4.78, 5) is 27.1. The van der Waals surface area contributed by atoms with Gasteiger partial charge in [0.1, 0.15) is 17.1 Å². The van der Waals surface area contributed by atoms with Crippen molar-refractivity contribution in [2.24, 2.45) is 5.92 Å². The second kappa shape index (κ2) is 11.5. The molecule has 2 fully saturated rings. The van der Waals surface area contributed by atoms with E-state index in [1.807, 2.05) is 24.3 Å². The number of halogens is 1. The van der Waals surface area contributed by atoms with Crippen molar-refractivity contribution in [3.63, 3.8) is 0 Å². The zero-order valence-electron chi connectivity index (χ0n) is 20.6. The van der Waals surface area contributed by atoms with Crippen molar-refractivity contribution < 1.29 is 9.53 Å². The van der Waals surface area contributed by atoms with Gasteiger partial charge >= 0.3 is 0 Å². The molecular formula is C26H34ClN7O2. The Balaban J connectivity index is 1.20. The van der Waals surface area contributed by atoms with Crippen molar-refractivity contribution in [1.82, 2.24) is 30.5 Å². The second-order valence-corrected chi connectivity index (χ2v) is 10.2. The molecule has 192 valence electrons. The molecule has 0 bridgehead atoms. The third kappa shape index (κ3) is 6.08. The van der Waals surface area contributed by atoms with Gasteiger partial charge in [-0.1, -0.05) is 11.6 Å². The number of hydrogen-bond acceptors (Lipinski definition) is 7. The molecule has 2 saturated heterocycles. The third-order valence-corrected chi connectivity index (χ3v) is 7.37. The molecule has 2 aliphatic rings. The Bertz CT molecular complexity index is 1170. The van der Waals surface area contributed by atoms with Gasteiger partial charge < -0.3 is 30.6 Å². The summed E-state index contributed by atoms with van der Waals surface area (Å²) in [6.07, 6.45) is 5.98. The molecule has 10 heteroatoms. The maximum atomic E-state index is 12.2. The first-order valence-electron chi connectivity index (χ1n) is 12.7. The maximum absolute atomic E-state index is 12.2. The Morgan fingerprint density at radius 1 is 1.17 bits per heavy atom. The number of hydrogen-bond donors (Lipinski definition) is 4. The lowest BCUT2D eigenvalue weighted by Crippen LogP contribution is -2.37. The zero-order valence-corrected chi connectivity index (χ0v) is 21.4. The molecule has 9 nitrogen and oxygen atoms in total. The zero-order chi connectivity index (χ0) is 24.9. The molecule has 0 spiro atoms. The average molecular weight is 512 g/mol. The molecule has 3 aromatic rings. The monoisotopic (exact) mass is 511 g/mol. The number of anilines is 1. The fourth-order valence-electron chi connectivity index (χ4n) is 4.81. The van der Waals surface area contributed by atoms with Crippen LogP contribution >= 0.6 is 11.6 Å². The number of pyridine rings is 1. The van der Waals surface area contributed by atoms with E-state index < -0.39 is 0 Å². The molecule has 0 radical (unpaired) electrons. The molecule has 36 heavy (non-hydrogen) atoms. The van der Waals surface area contributed by atoms with Crippen molar-refractivity contribution in [1.29, 1.82) is 0 Å². The number of imidazole rings is 1. The van der Waals surface area contributed by atoms with Gasteiger partial charge in [-0.25, -0.2) is 9.97 Å². The van der Waals surface area contributed by atoms with Crippen LogP contribution in [0.5, 0.6) is 5.75 Å². The number of ether oxygens (including phenoxy) is 1. The van der Waals surface area contributed by atoms with E-state index in [1.165, 1.54) is 0 Å². The standard InChI is InChI=1S/C26H34ClN7O2/c1-34-12-8-19(9-13-34)31-23-21(27)15-30-26-24(23)32-25(33-26)18-2-4-20(5-3-18)36-16-22(35)29-14-17-6-10-28-11-7-17/h2-5,15,17,19,28H,6-14,16H2,1H3,(H,29,35)(H2,30,31,32,33). The predicted octanol–water partition coefficient (Wildman–Crippen LogP) is 3.28. The van der Waals surface area contributed by atoms with Gasteiger partial charge in [-0.2, -0.15) is 0 Å². The Kier molecular flexibility index (Phi) is 7.89. The van der Waals surface area contributed by atoms with Gasteiger partial charge in [-0.05, 0) is 89.1 Å². The van der Waals surface area contributed by atoms with Gasteiger partial charge in [0.2, 0.25) is 0 Å². The number of amides is 1. The largest absolute Gasteiger partial charge is 0.484 e. The Morgan fingerprint density at radius 3 is 2.67 bits per heavy atom. The number of aromatic nitrogens is 3. The Hall–Kier alpha value is -2.88. The van der Waals surface area contributed by atoms with E-state index in [1.54, 1.807) is 6.20 Å². The van der Waals surface area contributed by atoms with Crippen molar-refractivity contribution in [2.75, 3.05) is 51.7 Å². The second-order valence-electron chi connectivity index (χ2n) is 9.80. The minimum absolute atomic E-state index is 0.00333. The van der Waals surface area contributed by atoms with Crippen LogP contribution < -0.4 is 20.7 Å². The number of rotatable bonds is 8. The number of likely N-dealkylation sites (tertiary alicyclic amines) is 1. The van der Waals surface area contributed by atoms with Crippen LogP contribution in [0.4, 0.5) is 5.69 Å². The van der Waals surface area contributed by atoms with Crippen LogP contribution in [0.15, 0.2) is 30.5 Å². The Labute approximate surface area is 216 Å². The summed E-state index contributed by atoms with van der Waals surface area (Å²) < 4.78 is 5.69. The lowest BCUT2D eigenvalue weighted by atomic mass is 9.98. The number of nitrogens with one attached hydrogen (secondary N) is 4. The van der Waals surface area contributed by atoms with E-state index in [2.05, 4.69) is 37.9 Å². The first-order valence-corrected chi connectivity index (χ1v) is 13.1. The molecule has 0 saturated carbocycles. The molecule has 2 aromatic heterocycles.